The molecule has 1 N–H and O–H groups in total. The number of hydrogen-bond acceptors (Lipinski definition) is 5. The summed E-state index contributed by atoms with van der Waals surface area (Å²) in [6, 6.07) is 9.00. The van der Waals surface area contributed by atoms with Gasteiger partial charge < -0.3 is 15.0 Å². The predicted octanol–water partition coefficient (Wildman–Crippen LogP) is 2.37. The molecule has 6 nitrogen and oxygen atoms in total. The van der Waals surface area contributed by atoms with E-state index in [1.54, 1.807) is 18.3 Å². The highest BCUT2D eigenvalue weighted by atomic mass is 19.1. The van der Waals surface area contributed by atoms with Gasteiger partial charge in [0.25, 0.3) is 0 Å². The molecule has 1 aliphatic carbocycles. The number of carbonyl (C=O) groups excluding carboxylic acids is 1. The van der Waals surface area contributed by atoms with Crippen molar-refractivity contribution in [3.05, 3.63) is 54.1 Å². The van der Waals surface area contributed by atoms with Crippen LogP contribution in [0.25, 0.3) is 0 Å². The summed E-state index contributed by atoms with van der Waals surface area (Å²) in [6.07, 6.45) is 3.67. The number of morpholine rings is 1. The monoisotopic (exact) mass is 396 g/mol. The van der Waals surface area contributed by atoms with Crippen molar-refractivity contribution in [2.24, 2.45) is 17.8 Å². The summed E-state index contributed by atoms with van der Waals surface area (Å²) in [7, 11) is 0. The summed E-state index contributed by atoms with van der Waals surface area (Å²) >= 11 is 0. The number of fused-ring (bicyclic) bond motifs is 1. The van der Waals surface area contributed by atoms with Crippen molar-refractivity contribution in [2.75, 3.05) is 49.6 Å². The quantitative estimate of drug-likeness (QED) is 0.841. The van der Waals surface area contributed by atoms with Crippen LogP contribution in [0.4, 0.5) is 15.8 Å². The fourth-order valence-corrected chi connectivity index (χ4v) is 4.75. The third kappa shape index (κ3) is 3.84. The lowest BCUT2D eigenvalue weighted by Gasteiger charge is -2.29. The van der Waals surface area contributed by atoms with E-state index in [1.165, 1.54) is 11.6 Å². The molecular formula is C22H25FN4O2. The third-order valence-corrected chi connectivity index (χ3v) is 6.27. The highest BCUT2D eigenvalue weighted by Crippen LogP contribution is 2.52. The first kappa shape index (κ1) is 18.5. The maximum atomic E-state index is 14.5. The van der Waals surface area contributed by atoms with Crippen LogP contribution >= 0.6 is 0 Å². The van der Waals surface area contributed by atoms with Crippen LogP contribution in [-0.2, 0) is 16.1 Å². The standard InChI is InChI=1S/C22H25FN4O2/c23-19-10-16(3-4-20(19)27-6-8-29-9-7-27)25-22(28)21-17-13-26(14-18(17)21)12-15-2-1-5-24-11-15/h1-5,10-11,17-18,21H,6-9,12-14H2,(H,25,28). The van der Waals surface area contributed by atoms with E-state index in [-0.39, 0.29) is 17.6 Å². The van der Waals surface area contributed by atoms with Crippen LogP contribution in [0.2, 0.25) is 0 Å². The van der Waals surface area contributed by atoms with Crippen LogP contribution < -0.4 is 10.2 Å². The number of rotatable bonds is 5. The van der Waals surface area contributed by atoms with Crippen molar-refractivity contribution in [3.63, 3.8) is 0 Å². The van der Waals surface area contributed by atoms with Crippen molar-refractivity contribution >= 4 is 17.3 Å². The summed E-state index contributed by atoms with van der Waals surface area (Å²) in [5.41, 5.74) is 2.30. The Hall–Kier alpha value is -2.51. The zero-order valence-corrected chi connectivity index (χ0v) is 16.3. The minimum atomic E-state index is -0.302. The Morgan fingerprint density at radius 2 is 2.00 bits per heavy atom. The number of nitrogens with zero attached hydrogens (tertiary/aromatic N) is 3. The molecule has 2 unspecified atom stereocenters. The van der Waals surface area contributed by atoms with E-state index in [4.69, 9.17) is 4.74 Å². The maximum Gasteiger partial charge on any atom is 0.228 e. The molecule has 0 spiro atoms. The van der Waals surface area contributed by atoms with Crippen molar-refractivity contribution < 1.29 is 13.9 Å². The number of aromatic nitrogens is 1. The number of piperidine rings is 1. The first-order valence-electron chi connectivity index (χ1n) is 10.2. The Labute approximate surface area is 169 Å². The molecule has 3 fully saturated rings. The minimum absolute atomic E-state index is 0.0135. The van der Waals surface area contributed by atoms with E-state index < -0.39 is 0 Å². The van der Waals surface area contributed by atoms with E-state index in [0.717, 1.165) is 19.6 Å². The second kappa shape index (κ2) is 7.72. The Bertz CT molecular complexity index is 876. The number of carbonyl (C=O) groups is 1. The first-order valence-corrected chi connectivity index (χ1v) is 10.2. The summed E-state index contributed by atoms with van der Waals surface area (Å²) in [4.78, 5) is 21.2. The fourth-order valence-electron chi connectivity index (χ4n) is 4.75. The van der Waals surface area contributed by atoms with Crippen molar-refractivity contribution in [1.82, 2.24) is 9.88 Å². The molecule has 2 aliphatic heterocycles. The molecule has 7 heteroatoms. The molecule has 1 aromatic carbocycles. The fraction of sp³-hybridized carbons (Fsp3) is 0.455. The van der Waals surface area contributed by atoms with Gasteiger partial charge >= 0.3 is 0 Å². The zero-order valence-electron chi connectivity index (χ0n) is 16.3. The van der Waals surface area contributed by atoms with Gasteiger partial charge in [-0.15, -0.1) is 0 Å². The van der Waals surface area contributed by atoms with Gasteiger partial charge in [-0.3, -0.25) is 14.7 Å². The van der Waals surface area contributed by atoms with Gasteiger partial charge in [-0.2, -0.15) is 0 Å². The van der Waals surface area contributed by atoms with Crippen LogP contribution in [0.5, 0.6) is 0 Å². The topological polar surface area (TPSA) is 57.7 Å². The van der Waals surface area contributed by atoms with Gasteiger partial charge in [0.15, 0.2) is 0 Å². The van der Waals surface area contributed by atoms with E-state index >= 15 is 0 Å². The molecule has 3 heterocycles. The summed E-state index contributed by atoms with van der Waals surface area (Å²) < 4.78 is 19.9. The Morgan fingerprint density at radius 1 is 1.21 bits per heavy atom. The van der Waals surface area contributed by atoms with E-state index in [0.29, 0.717) is 49.5 Å². The lowest BCUT2D eigenvalue weighted by molar-refractivity contribution is -0.118. The highest BCUT2D eigenvalue weighted by molar-refractivity contribution is 5.95. The number of hydrogen-bond donors (Lipinski definition) is 1. The Balaban J connectivity index is 1.15. The van der Waals surface area contributed by atoms with Crippen LogP contribution in [0.3, 0.4) is 0 Å². The second-order valence-electron chi connectivity index (χ2n) is 8.16. The molecule has 2 atom stereocenters. The van der Waals surface area contributed by atoms with Gasteiger partial charge in [0.1, 0.15) is 5.82 Å². The Morgan fingerprint density at radius 3 is 2.69 bits per heavy atom. The largest absolute Gasteiger partial charge is 0.378 e. The molecule has 1 amide bonds. The molecule has 0 radical (unpaired) electrons. The summed E-state index contributed by atoms with van der Waals surface area (Å²) in [6.45, 7) is 5.33. The smallest absolute Gasteiger partial charge is 0.228 e. The van der Waals surface area contributed by atoms with Crippen molar-refractivity contribution in [2.45, 2.75) is 6.54 Å². The number of nitrogens with one attached hydrogen (secondary N) is 1. The third-order valence-electron chi connectivity index (χ3n) is 6.27. The number of pyridine rings is 1. The number of likely N-dealkylation sites (tertiary alicyclic amines) is 1. The maximum absolute atomic E-state index is 14.5. The minimum Gasteiger partial charge on any atom is -0.378 e. The number of amides is 1. The molecule has 152 valence electrons. The average molecular weight is 396 g/mol. The molecule has 3 aliphatic rings. The summed E-state index contributed by atoms with van der Waals surface area (Å²) in [5.74, 6) is 0.568. The van der Waals surface area contributed by atoms with E-state index in [9.17, 15) is 9.18 Å². The molecule has 1 aromatic heterocycles. The number of halogens is 1. The lowest BCUT2D eigenvalue weighted by Crippen LogP contribution is -2.36. The molecule has 1 saturated carbocycles. The van der Waals surface area contributed by atoms with Gasteiger partial charge in [0.05, 0.1) is 18.9 Å². The zero-order chi connectivity index (χ0) is 19.8. The first-order chi connectivity index (χ1) is 14.2. The molecule has 5 rings (SSSR count). The number of benzene rings is 1. The van der Waals surface area contributed by atoms with Gasteiger partial charge in [-0.1, -0.05) is 6.07 Å². The van der Waals surface area contributed by atoms with Crippen molar-refractivity contribution in [1.29, 1.82) is 0 Å². The SMILES string of the molecule is O=C(Nc1ccc(N2CCOCC2)c(F)c1)C1C2CN(Cc3cccnc3)CC21. The molecule has 2 saturated heterocycles. The molecule has 29 heavy (non-hydrogen) atoms. The van der Waals surface area contributed by atoms with Crippen LogP contribution in [0.1, 0.15) is 5.56 Å². The molecular weight excluding hydrogens is 371 g/mol. The van der Waals surface area contributed by atoms with E-state index in [2.05, 4.69) is 21.3 Å². The average Bonchev–Trinajstić information content (AvgIpc) is 3.25. The summed E-state index contributed by atoms with van der Waals surface area (Å²) in [5, 5.41) is 2.92. The normalized spacial score (nSPS) is 26.2. The highest BCUT2D eigenvalue weighted by Gasteiger charge is 2.59. The van der Waals surface area contributed by atoms with Crippen LogP contribution in [0, 0.1) is 23.6 Å². The number of anilines is 2. The molecule has 2 aromatic rings. The van der Waals surface area contributed by atoms with Crippen molar-refractivity contribution in [3.8, 4) is 0 Å². The lowest BCUT2D eigenvalue weighted by atomic mass is 10.2. The van der Waals surface area contributed by atoms with Crippen LogP contribution in [-0.4, -0.2) is 55.2 Å². The second-order valence-corrected chi connectivity index (χ2v) is 8.16. The van der Waals surface area contributed by atoms with Gasteiger partial charge in [0, 0.05) is 56.7 Å². The van der Waals surface area contributed by atoms with E-state index in [1.807, 2.05) is 17.2 Å². The number of ether oxygens (including phenoxy) is 1. The van der Waals surface area contributed by atoms with Crippen LogP contribution in [0.15, 0.2) is 42.7 Å². The van der Waals surface area contributed by atoms with Gasteiger partial charge in [0.2, 0.25) is 5.91 Å². The molecule has 0 bridgehead atoms. The Kier molecular flexibility index (Phi) is 4.93. The van der Waals surface area contributed by atoms with Gasteiger partial charge in [-0.05, 0) is 41.7 Å². The van der Waals surface area contributed by atoms with Gasteiger partial charge in [-0.25, -0.2) is 4.39 Å². The predicted molar refractivity (Wildman–Crippen MR) is 108 cm³/mol.